The highest BCUT2D eigenvalue weighted by molar-refractivity contribution is 6.00. The van der Waals surface area contributed by atoms with E-state index in [2.05, 4.69) is 0 Å². The van der Waals surface area contributed by atoms with E-state index in [1.54, 1.807) is 24.3 Å². The van der Waals surface area contributed by atoms with Crippen LogP contribution in [0.4, 0.5) is 0 Å². The average Bonchev–Trinajstić information content (AvgIpc) is 2.54. The van der Waals surface area contributed by atoms with Gasteiger partial charge in [0, 0.05) is 5.56 Å². The molecule has 22 heavy (non-hydrogen) atoms. The molecule has 2 rings (SSSR count). The summed E-state index contributed by atoms with van der Waals surface area (Å²) < 4.78 is 5.04. The normalized spacial score (nSPS) is 9.86. The van der Waals surface area contributed by atoms with Gasteiger partial charge in [0.25, 0.3) is 0 Å². The van der Waals surface area contributed by atoms with E-state index < -0.39 is 5.97 Å². The number of carbonyl (C=O) groups excluding carboxylic acids is 2. The van der Waals surface area contributed by atoms with E-state index in [9.17, 15) is 9.59 Å². The van der Waals surface area contributed by atoms with E-state index in [0.717, 1.165) is 11.1 Å². The van der Waals surface area contributed by atoms with Crippen LogP contribution in [0.1, 0.15) is 37.4 Å². The Bertz CT molecular complexity index is 772. The second-order valence-corrected chi connectivity index (χ2v) is 5.01. The van der Waals surface area contributed by atoms with Gasteiger partial charge in [0.1, 0.15) is 0 Å². The zero-order valence-corrected chi connectivity index (χ0v) is 12.4. The summed E-state index contributed by atoms with van der Waals surface area (Å²) in [5.74, 6) is -0.859. The highest BCUT2D eigenvalue weighted by atomic mass is 16.5. The number of rotatable bonds is 4. The van der Waals surface area contributed by atoms with Crippen molar-refractivity contribution >= 4 is 11.8 Å². The van der Waals surface area contributed by atoms with Gasteiger partial charge in [-0.2, -0.15) is 5.26 Å². The van der Waals surface area contributed by atoms with Gasteiger partial charge in [-0.15, -0.1) is 0 Å². The Morgan fingerprint density at radius 3 is 2.64 bits per heavy atom. The lowest BCUT2D eigenvalue weighted by atomic mass is 10.0. The van der Waals surface area contributed by atoms with Crippen molar-refractivity contribution in [3.8, 4) is 6.07 Å². The largest absolute Gasteiger partial charge is 0.454 e. The molecule has 0 bridgehead atoms. The number of ketones is 1. The maximum Gasteiger partial charge on any atom is 0.338 e. The van der Waals surface area contributed by atoms with E-state index in [1.165, 1.54) is 6.07 Å². The van der Waals surface area contributed by atoms with Gasteiger partial charge < -0.3 is 4.74 Å². The van der Waals surface area contributed by atoms with Crippen LogP contribution >= 0.6 is 0 Å². The standard InChI is InChI=1S/C18H15NO3/c1-12-6-7-13(2)16(8-12)17(20)11-22-18(21)15-5-3-4-14(9-15)10-19/h3-9H,11H2,1-2H3. The molecule has 0 aromatic heterocycles. The summed E-state index contributed by atoms with van der Waals surface area (Å²) in [6.45, 7) is 3.42. The van der Waals surface area contributed by atoms with Crippen molar-refractivity contribution in [3.63, 3.8) is 0 Å². The molecule has 2 aromatic rings. The minimum absolute atomic E-state index is 0.244. The maximum atomic E-state index is 12.1. The minimum atomic E-state index is -0.615. The van der Waals surface area contributed by atoms with Crippen molar-refractivity contribution in [2.75, 3.05) is 6.61 Å². The molecule has 0 aliphatic heterocycles. The highest BCUT2D eigenvalue weighted by Crippen LogP contribution is 2.12. The molecule has 0 spiro atoms. The van der Waals surface area contributed by atoms with Crippen molar-refractivity contribution < 1.29 is 14.3 Å². The second kappa shape index (κ2) is 6.68. The number of ether oxygens (including phenoxy) is 1. The van der Waals surface area contributed by atoms with Gasteiger partial charge in [-0.25, -0.2) is 4.79 Å². The number of hydrogen-bond acceptors (Lipinski definition) is 4. The molecule has 0 fully saturated rings. The van der Waals surface area contributed by atoms with Crippen molar-refractivity contribution in [1.82, 2.24) is 0 Å². The number of hydrogen-bond donors (Lipinski definition) is 0. The summed E-state index contributed by atoms with van der Waals surface area (Å²) >= 11 is 0. The van der Waals surface area contributed by atoms with Crippen LogP contribution in [0.3, 0.4) is 0 Å². The van der Waals surface area contributed by atoms with Crippen LogP contribution < -0.4 is 0 Å². The first-order valence-electron chi connectivity index (χ1n) is 6.79. The van der Waals surface area contributed by atoms with E-state index >= 15 is 0 Å². The molecule has 0 N–H and O–H groups in total. The highest BCUT2D eigenvalue weighted by Gasteiger charge is 2.14. The van der Waals surface area contributed by atoms with Crippen LogP contribution in [0.25, 0.3) is 0 Å². The number of Topliss-reactive ketones (excluding diaryl/α,β-unsaturated/α-hetero) is 1. The number of nitriles is 1. The minimum Gasteiger partial charge on any atom is -0.454 e. The first kappa shape index (κ1) is 15.5. The van der Waals surface area contributed by atoms with E-state index in [1.807, 2.05) is 32.0 Å². The van der Waals surface area contributed by atoms with E-state index in [4.69, 9.17) is 10.00 Å². The molecular formula is C18H15NO3. The van der Waals surface area contributed by atoms with E-state index in [-0.39, 0.29) is 18.0 Å². The number of benzene rings is 2. The number of nitrogens with zero attached hydrogens (tertiary/aromatic N) is 1. The predicted octanol–water partition coefficient (Wildman–Crippen LogP) is 3.21. The zero-order chi connectivity index (χ0) is 16.1. The molecule has 0 radical (unpaired) electrons. The molecule has 0 atom stereocenters. The molecule has 2 aromatic carbocycles. The van der Waals surface area contributed by atoms with Crippen molar-refractivity contribution in [2.24, 2.45) is 0 Å². The molecule has 0 aliphatic rings. The Kier molecular flexibility index (Phi) is 4.70. The Morgan fingerprint density at radius 2 is 1.91 bits per heavy atom. The molecule has 0 unspecified atom stereocenters. The van der Waals surface area contributed by atoms with Crippen LogP contribution in [-0.2, 0) is 4.74 Å². The Morgan fingerprint density at radius 1 is 1.14 bits per heavy atom. The Balaban J connectivity index is 2.06. The molecule has 4 heteroatoms. The fourth-order valence-corrected chi connectivity index (χ4v) is 2.04. The van der Waals surface area contributed by atoms with Gasteiger partial charge in [-0.05, 0) is 43.7 Å². The SMILES string of the molecule is Cc1ccc(C)c(C(=O)COC(=O)c2cccc(C#N)c2)c1. The lowest BCUT2D eigenvalue weighted by molar-refractivity contribution is 0.0474. The molecule has 0 saturated carbocycles. The topological polar surface area (TPSA) is 67.2 Å². The van der Waals surface area contributed by atoms with Gasteiger partial charge in [-0.1, -0.05) is 23.8 Å². The van der Waals surface area contributed by atoms with Crippen LogP contribution in [-0.4, -0.2) is 18.4 Å². The maximum absolute atomic E-state index is 12.1. The van der Waals surface area contributed by atoms with Gasteiger partial charge >= 0.3 is 5.97 Å². The van der Waals surface area contributed by atoms with Crippen LogP contribution in [0, 0.1) is 25.2 Å². The third-order valence-corrected chi connectivity index (χ3v) is 3.26. The summed E-state index contributed by atoms with van der Waals surface area (Å²) in [5, 5.41) is 8.81. The summed E-state index contributed by atoms with van der Waals surface area (Å²) in [6, 6.07) is 13.7. The fourth-order valence-electron chi connectivity index (χ4n) is 2.04. The van der Waals surface area contributed by atoms with Gasteiger partial charge in [-0.3, -0.25) is 4.79 Å². The Hall–Kier alpha value is -2.93. The van der Waals surface area contributed by atoms with E-state index in [0.29, 0.717) is 11.1 Å². The van der Waals surface area contributed by atoms with Gasteiger partial charge in [0.05, 0.1) is 17.2 Å². The molecule has 4 nitrogen and oxygen atoms in total. The van der Waals surface area contributed by atoms with Crippen LogP contribution in [0.5, 0.6) is 0 Å². The number of aryl methyl sites for hydroxylation is 2. The summed E-state index contributed by atoms with van der Waals surface area (Å²) in [7, 11) is 0. The molecule has 0 heterocycles. The molecule has 0 saturated heterocycles. The molecule has 0 amide bonds. The summed E-state index contributed by atoms with van der Waals surface area (Å²) in [5.41, 5.74) is 3.00. The predicted molar refractivity (Wildman–Crippen MR) is 81.7 cm³/mol. The van der Waals surface area contributed by atoms with Gasteiger partial charge in [0.2, 0.25) is 5.78 Å². The lowest BCUT2D eigenvalue weighted by Gasteiger charge is -2.07. The summed E-state index contributed by atoms with van der Waals surface area (Å²) in [6.07, 6.45) is 0. The lowest BCUT2D eigenvalue weighted by Crippen LogP contribution is -2.15. The third-order valence-electron chi connectivity index (χ3n) is 3.26. The average molecular weight is 293 g/mol. The third kappa shape index (κ3) is 3.58. The van der Waals surface area contributed by atoms with Crippen molar-refractivity contribution in [1.29, 1.82) is 5.26 Å². The smallest absolute Gasteiger partial charge is 0.338 e. The fraction of sp³-hybridized carbons (Fsp3) is 0.167. The number of carbonyl (C=O) groups is 2. The first-order valence-corrected chi connectivity index (χ1v) is 6.79. The molecule has 0 aliphatic carbocycles. The van der Waals surface area contributed by atoms with Crippen molar-refractivity contribution in [3.05, 3.63) is 70.3 Å². The van der Waals surface area contributed by atoms with Gasteiger partial charge in [0.15, 0.2) is 6.61 Å². The first-order chi connectivity index (χ1) is 10.5. The quantitative estimate of drug-likeness (QED) is 0.641. The van der Waals surface area contributed by atoms with Crippen molar-refractivity contribution in [2.45, 2.75) is 13.8 Å². The van der Waals surface area contributed by atoms with Crippen LogP contribution in [0.15, 0.2) is 42.5 Å². The summed E-state index contributed by atoms with van der Waals surface area (Å²) in [4.78, 5) is 24.1. The second-order valence-electron chi connectivity index (χ2n) is 5.01. The van der Waals surface area contributed by atoms with Crippen LogP contribution in [0.2, 0.25) is 0 Å². The molecule has 110 valence electrons. The number of esters is 1. The zero-order valence-electron chi connectivity index (χ0n) is 12.4. The monoisotopic (exact) mass is 293 g/mol. The molecular weight excluding hydrogens is 278 g/mol. The Labute approximate surface area is 129 Å².